The molecule has 0 bridgehead atoms. The van der Waals surface area contributed by atoms with Crippen LogP contribution in [0.1, 0.15) is 17.1 Å². The quantitative estimate of drug-likeness (QED) is 0.529. The number of hydrogen-bond acceptors (Lipinski definition) is 5. The highest BCUT2D eigenvalue weighted by Crippen LogP contribution is 2.24. The molecule has 0 atom stereocenters. The van der Waals surface area contributed by atoms with Gasteiger partial charge >= 0.3 is 0 Å². The van der Waals surface area contributed by atoms with E-state index in [1.54, 1.807) is 0 Å². The monoisotopic (exact) mass is 409 g/mol. The van der Waals surface area contributed by atoms with Gasteiger partial charge in [-0.3, -0.25) is 4.68 Å². The lowest BCUT2D eigenvalue weighted by atomic mass is 10.1. The van der Waals surface area contributed by atoms with Crippen molar-refractivity contribution in [3.8, 4) is 11.4 Å². The predicted octanol–water partition coefficient (Wildman–Crippen LogP) is 2.98. The molecule has 114 valence electrons. The number of aryl methyl sites for hydroxylation is 2. The molecule has 0 spiro atoms. The van der Waals surface area contributed by atoms with E-state index in [4.69, 9.17) is 10.3 Å². The molecule has 3 rings (SSSR count). The van der Waals surface area contributed by atoms with Crippen LogP contribution in [-0.4, -0.2) is 19.9 Å². The summed E-state index contributed by atoms with van der Waals surface area (Å²) < 4.78 is 8.43. The molecule has 0 aliphatic heterocycles. The van der Waals surface area contributed by atoms with E-state index in [-0.39, 0.29) is 0 Å². The van der Waals surface area contributed by atoms with Gasteiger partial charge in [-0.05, 0) is 48.1 Å². The third-order valence-corrected chi connectivity index (χ3v) is 4.72. The maximum Gasteiger partial charge on any atom is 0.228 e. The van der Waals surface area contributed by atoms with Crippen LogP contribution in [0.3, 0.4) is 0 Å². The molecule has 0 amide bonds. The minimum absolute atomic E-state index is 0.576. The molecule has 2 aromatic heterocycles. The fourth-order valence-corrected chi connectivity index (χ4v) is 2.62. The van der Waals surface area contributed by atoms with E-state index in [9.17, 15) is 0 Å². The molecule has 0 saturated carbocycles. The fraction of sp³-hybridized carbons (Fsp3) is 0.267. The van der Waals surface area contributed by atoms with Crippen molar-refractivity contribution in [2.75, 3.05) is 5.73 Å². The Labute approximate surface area is 141 Å². The van der Waals surface area contributed by atoms with Gasteiger partial charge in [0.1, 0.15) is 0 Å². The maximum absolute atomic E-state index is 5.92. The second-order valence-electron chi connectivity index (χ2n) is 5.08. The summed E-state index contributed by atoms with van der Waals surface area (Å²) in [4.78, 5) is 4.46. The third-order valence-electron chi connectivity index (χ3n) is 3.67. The summed E-state index contributed by atoms with van der Waals surface area (Å²) in [7, 11) is 0. The molecule has 0 aliphatic carbocycles. The average Bonchev–Trinajstić information content (AvgIpc) is 3.09. The molecule has 2 N–H and O–H groups in total. The number of anilines is 1. The van der Waals surface area contributed by atoms with Gasteiger partial charge in [0.05, 0.1) is 16.3 Å². The number of rotatable bonds is 4. The largest absolute Gasteiger partial charge is 0.398 e. The second kappa shape index (κ2) is 6.07. The topological polar surface area (TPSA) is 82.8 Å². The van der Waals surface area contributed by atoms with Crippen LogP contribution < -0.4 is 5.73 Å². The molecule has 6 nitrogen and oxygen atoms in total. The van der Waals surface area contributed by atoms with Gasteiger partial charge in [-0.25, -0.2) is 0 Å². The molecular weight excluding hydrogens is 393 g/mol. The first-order valence-corrected chi connectivity index (χ1v) is 8.00. The Kier molecular flexibility index (Phi) is 4.14. The number of halogens is 1. The molecule has 0 unspecified atom stereocenters. The Morgan fingerprint density at radius 2 is 2.14 bits per heavy atom. The smallest absolute Gasteiger partial charge is 0.228 e. The van der Waals surface area contributed by atoms with Crippen molar-refractivity contribution < 1.29 is 4.52 Å². The lowest BCUT2D eigenvalue weighted by Gasteiger charge is -2.03. The zero-order valence-corrected chi connectivity index (χ0v) is 14.5. The Morgan fingerprint density at radius 1 is 1.32 bits per heavy atom. The van der Waals surface area contributed by atoms with Gasteiger partial charge < -0.3 is 10.3 Å². The van der Waals surface area contributed by atoms with Crippen molar-refractivity contribution in [1.29, 1.82) is 0 Å². The van der Waals surface area contributed by atoms with Crippen molar-refractivity contribution in [2.45, 2.75) is 26.8 Å². The van der Waals surface area contributed by atoms with E-state index in [0.29, 0.717) is 24.7 Å². The Hall–Kier alpha value is -1.90. The van der Waals surface area contributed by atoms with Crippen molar-refractivity contribution in [3.63, 3.8) is 0 Å². The average molecular weight is 409 g/mol. The summed E-state index contributed by atoms with van der Waals surface area (Å²) >= 11 is 2.27. The zero-order chi connectivity index (χ0) is 15.7. The number of nitrogen functional groups attached to an aromatic ring is 1. The Balaban J connectivity index is 1.77. The number of aromatic nitrogens is 4. The summed E-state index contributed by atoms with van der Waals surface area (Å²) in [6.45, 7) is 4.71. The van der Waals surface area contributed by atoms with Gasteiger partial charge in [0.2, 0.25) is 11.7 Å². The fourth-order valence-electron chi connectivity index (χ4n) is 2.21. The highest BCUT2D eigenvalue weighted by atomic mass is 127. The van der Waals surface area contributed by atoms with E-state index in [0.717, 1.165) is 26.1 Å². The molecular formula is C15H16IN5O. The van der Waals surface area contributed by atoms with Crippen LogP contribution in [0, 0.1) is 17.4 Å². The molecule has 2 heterocycles. The third kappa shape index (κ3) is 2.85. The van der Waals surface area contributed by atoms with Crippen molar-refractivity contribution >= 4 is 28.3 Å². The highest BCUT2D eigenvalue weighted by Gasteiger charge is 2.12. The summed E-state index contributed by atoms with van der Waals surface area (Å²) in [5.74, 6) is 1.17. The van der Waals surface area contributed by atoms with E-state index < -0.39 is 0 Å². The number of nitrogens with zero attached hydrogens (tertiary/aromatic N) is 4. The maximum atomic E-state index is 5.92. The molecule has 0 fully saturated rings. The van der Waals surface area contributed by atoms with Crippen LogP contribution in [0.2, 0.25) is 0 Å². The predicted molar refractivity (Wildman–Crippen MR) is 92.3 cm³/mol. The van der Waals surface area contributed by atoms with Crippen molar-refractivity contribution in [2.24, 2.45) is 0 Å². The molecule has 1 aromatic carbocycles. The van der Waals surface area contributed by atoms with Crippen molar-refractivity contribution in [3.05, 3.63) is 45.1 Å². The normalized spacial score (nSPS) is 11.0. The SMILES string of the molecule is Cc1c(N)cccc1-c1noc(CCn2ncc(I)c2C)n1. The Morgan fingerprint density at radius 3 is 2.86 bits per heavy atom. The van der Waals surface area contributed by atoms with Crippen LogP contribution in [0.25, 0.3) is 11.4 Å². The second-order valence-corrected chi connectivity index (χ2v) is 6.24. The number of nitrogens with two attached hydrogens (primary N) is 1. The van der Waals surface area contributed by atoms with E-state index in [1.165, 1.54) is 0 Å². The van der Waals surface area contributed by atoms with Crippen LogP contribution in [-0.2, 0) is 13.0 Å². The van der Waals surface area contributed by atoms with Gasteiger partial charge in [-0.1, -0.05) is 17.3 Å². The first-order valence-electron chi connectivity index (χ1n) is 6.92. The molecule has 0 saturated heterocycles. The van der Waals surface area contributed by atoms with E-state index >= 15 is 0 Å². The van der Waals surface area contributed by atoms with Crippen LogP contribution >= 0.6 is 22.6 Å². The van der Waals surface area contributed by atoms with Crippen LogP contribution in [0.5, 0.6) is 0 Å². The first-order chi connectivity index (χ1) is 10.6. The number of hydrogen-bond donors (Lipinski definition) is 1. The molecule has 7 heteroatoms. The molecule has 0 aliphatic rings. The summed E-state index contributed by atoms with van der Waals surface area (Å²) in [6, 6.07) is 5.70. The van der Waals surface area contributed by atoms with E-state index in [2.05, 4.69) is 37.8 Å². The molecule has 22 heavy (non-hydrogen) atoms. The summed E-state index contributed by atoms with van der Waals surface area (Å²) in [6.07, 6.45) is 2.50. The molecule has 3 aromatic rings. The van der Waals surface area contributed by atoms with Gasteiger partial charge in [-0.15, -0.1) is 0 Å². The van der Waals surface area contributed by atoms with E-state index in [1.807, 2.05) is 42.9 Å². The van der Waals surface area contributed by atoms with Crippen LogP contribution in [0.15, 0.2) is 28.9 Å². The zero-order valence-electron chi connectivity index (χ0n) is 12.4. The minimum atomic E-state index is 0.576. The van der Waals surface area contributed by atoms with Gasteiger partial charge in [-0.2, -0.15) is 10.1 Å². The van der Waals surface area contributed by atoms with Crippen LogP contribution in [0.4, 0.5) is 5.69 Å². The summed E-state index contributed by atoms with van der Waals surface area (Å²) in [5, 5.41) is 8.38. The van der Waals surface area contributed by atoms with Crippen molar-refractivity contribution in [1.82, 2.24) is 19.9 Å². The summed E-state index contributed by atoms with van der Waals surface area (Å²) in [5.41, 5.74) is 9.66. The lowest BCUT2D eigenvalue weighted by Crippen LogP contribution is -2.05. The highest BCUT2D eigenvalue weighted by molar-refractivity contribution is 14.1. The lowest BCUT2D eigenvalue weighted by molar-refractivity contribution is 0.368. The van der Waals surface area contributed by atoms with Gasteiger partial charge in [0.25, 0.3) is 0 Å². The standard InChI is InChI=1S/C15H16IN5O/c1-9-11(4-3-5-13(9)17)15-19-14(22-20-15)6-7-21-10(2)12(16)8-18-21/h3-5,8H,6-7,17H2,1-2H3. The first kappa shape index (κ1) is 15.0. The minimum Gasteiger partial charge on any atom is -0.398 e. The molecule has 0 radical (unpaired) electrons. The van der Waals surface area contributed by atoms with Gasteiger partial charge in [0, 0.05) is 23.4 Å². The van der Waals surface area contributed by atoms with Gasteiger partial charge in [0.15, 0.2) is 0 Å². The number of benzene rings is 1. The Bertz CT molecular complexity index is 808.